The predicted octanol–water partition coefficient (Wildman–Crippen LogP) is 7.97. The zero-order valence-electron chi connectivity index (χ0n) is 25.3. The lowest BCUT2D eigenvalue weighted by Gasteiger charge is -2.74. The zero-order chi connectivity index (χ0) is 27.2. The third-order valence-corrected chi connectivity index (χ3v) is 14.2. The van der Waals surface area contributed by atoms with Crippen molar-refractivity contribution in [2.24, 2.45) is 56.2 Å². The minimum absolute atomic E-state index is 0.0343. The van der Waals surface area contributed by atoms with E-state index in [-0.39, 0.29) is 50.5 Å². The van der Waals surface area contributed by atoms with E-state index in [1.54, 1.807) is 14.0 Å². The largest absolute Gasteiger partial charge is 0.469 e. The summed E-state index contributed by atoms with van der Waals surface area (Å²) in [5.74, 6) is 1.83. The summed E-state index contributed by atoms with van der Waals surface area (Å²) in [6, 6.07) is 0. The van der Waals surface area contributed by atoms with Gasteiger partial charge in [-0.05, 0) is 121 Å². The topological polar surface area (TPSA) is 52.6 Å². The molecule has 10 atom stereocenters. The molecule has 5 rings (SSSR count). The Kier molecular flexibility index (Phi) is 6.30. The van der Waals surface area contributed by atoms with Crippen LogP contribution in [-0.4, -0.2) is 25.2 Å². The van der Waals surface area contributed by atoms with E-state index >= 15 is 0 Å². The fourth-order valence-corrected chi connectivity index (χ4v) is 11.9. The Bertz CT molecular complexity index is 956. The fourth-order valence-electron chi connectivity index (χ4n) is 11.9. The van der Waals surface area contributed by atoms with E-state index in [2.05, 4.69) is 48.5 Å². The van der Waals surface area contributed by atoms with Crippen molar-refractivity contribution in [3.8, 4) is 0 Å². The summed E-state index contributed by atoms with van der Waals surface area (Å²) < 4.78 is 11.6. The molecule has 0 radical (unpaired) electrons. The van der Waals surface area contributed by atoms with Crippen LogP contribution < -0.4 is 0 Å². The zero-order valence-corrected chi connectivity index (χ0v) is 25.3. The van der Waals surface area contributed by atoms with Gasteiger partial charge in [-0.3, -0.25) is 9.59 Å². The maximum atomic E-state index is 14.2. The van der Waals surface area contributed by atoms with Crippen molar-refractivity contribution >= 4 is 11.9 Å². The molecule has 5 aliphatic carbocycles. The molecule has 37 heavy (non-hydrogen) atoms. The average molecular weight is 515 g/mol. The number of hydrogen-bond donors (Lipinski definition) is 0. The maximum absolute atomic E-state index is 14.2. The normalized spacial score (nSPS) is 52.5. The first kappa shape index (κ1) is 27.5. The lowest BCUT2D eigenvalue weighted by atomic mass is 9.29. The van der Waals surface area contributed by atoms with Crippen LogP contribution in [0, 0.1) is 56.2 Å². The third kappa shape index (κ3) is 3.58. The van der Waals surface area contributed by atoms with Gasteiger partial charge in [0, 0.05) is 6.92 Å². The molecule has 0 aromatic carbocycles. The Morgan fingerprint density at radius 1 is 0.730 bits per heavy atom. The summed E-state index contributed by atoms with van der Waals surface area (Å²) in [4.78, 5) is 26.0. The van der Waals surface area contributed by atoms with Crippen molar-refractivity contribution in [3.05, 3.63) is 0 Å². The molecular formula is C33H54O4. The summed E-state index contributed by atoms with van der Waals surface area (Å²) in [6.45, 7) is 18.8. The minimum Gasteiger partial charge on any atom is -0.469 e. The van der Waals surface area contributed by atoms with Crippen LogP contribution in [-0.2, 0) is 19.1 Å². The van der Waals surface area contributed by atoms with E-state index in [1.807, 2.05) is 0 Å². The van der Waals surface area contributed by atoms with Crippen molar-refractivity contribution < 1.29 is 19.1 Å². The Morgan fingerprint density at radius 2 is 1.41 bits per heavy atom. The smallest absolute Gasteiger partial charge is 0.312 e. The third-order valence-electron chi connectivity index (χ3n) is 14.2. The van der Waals surface area contributed by atoms with Crippen LogP contribution >= 0.6 is 0 Å². The highest BCUT2D eigenvalue weighted by Crippen LogP contribution is 2.78. The molecule has 5 fully saturated rings. The highest BCUT2D eigenvalue weighted by Gasteiger charge is 2.75. The molecule has 0 N–H and O–H groups in total. The van der Waals surface area contributed by atoms with E-state index in [0.29, 0.717) is 23.7 Å². The van der Waals surface area contributed by atoms with Gasteiger partial charge >= 0.3 is 11.9 Å². The Morgan fingerprint density at radius 3 is 2.05 bits per heavy atom. The number of methoxy groups -OCH3 is 1. The van der Waals surface area contributed by atoms with Crippen LogP contribution in [0.5, 0.6) is 0 Å². The van der Waals surface area contributed by atoms with Gasteiger partial charge in [0.25, 0.3) is 0 Å². The van der Waals surface area contributed by atoms with Gasteiger partial charge in [0.2, 0.25) is 0 Å². The minimum atomic E-state index is -0.384. The van der Waals surface area contributed by atoms with E-state index in [1.165, 1.54) is 25.7 Å². The summed E-state index contributed by atoms with van der Waals surface area (Å²) >= 11 is 0. The molecule has 5 aliphatic rings. The second kappa shape index (κ2) is 8.47. The molecule has 4 nitrogen and oxygen atoms in total. The molecule has 0 aliphatic heterocycles. The first-order valence-electron chi connectivity index (χ1n) is 15.4. The second-order valence-corrected chi connectivity index (χ2v) is 16.1. The Hall–Kier alpha value is -1.06. The molecule has 0 aromatic heterocycles. The lowest BCUT2D eigenvalue weighted by molar-refractivity contribution is -0.269. The highest BCUT2D eigenvalue weighted by molar-refractivity contribution is 5.79. The number of esters is 2. The Labute approximate surface area is 226 Å². The van der Waals surface area contributed by atoms with Gasteiger partial charge < -0.3 is 9.47 Å². The van der Waals surface area contributed by atoms with Crippen LogP contribution in [0.15, 0.2) is 0 Å². The number of ether oxygens (including phenoxy) is 2. The van der Waals surface area contributed by atoms with Crippen molar-refractivity contribution in [1.82, 2.24) is 0 Å². The fraction of sp³-hybridized carbons (Fsp3) is 0.939. The van der Waals surface area contributed by atoms with Crippen LogP contribution in [0.3, 0.4) is 0 Å². The SMILES string of the molecule is COC(=O)[C@@]12CC[C@@]3(C)[C@@H]4CC[C@H](OC(C)=O)[C@H](C)[C@@]4(C)CC[C@@H]3[C@@]1(C)CC[C@@]1(C)CCC(C)(C)C[C@H]12. The Balaban J connectivity index is 1.57. The molecule has 0 bridgehead atoms. The molecule has 0 saturated heterocycles. The molecule has 0 spiro atoms. The van der Waals surface area contributed by atoms with E-state index in [4.69, 9.17) is 9.47 Å². The lowest BCUT2D eigenvalue weighted by Crippen LogP contribution is -2.70. The van der Waals surface area contributed by atoms with Gasteiger partial charge in [-0.1, -0.05) is 48.5 Å². The van der Waals surface area contributed by atoms with Gasteiger partial charge in [0.15, 0.2) is 0 Å². The molecule has 0 heterocycles. The molecule has 4 heteroatoms. The molecule has 0 amide bonds. The predicted molar refractivity (Wildman–Crippen MR) is 147 cm³/mol. The summed E-state index contributed by atoms with van der Waals surface area (Å²) in [7, 11) is 1.64. The van der Waals surface area contributed by atoms with Crippen LogP contribution in [0.2, 0.25) is 0 Å². The molecular weight excluding hydrogens is 460 g/mol. The highest BCUT2D eigenvalue weighted by atomic mass is 16.5. The molecule has 210 valence electrons. The standard InChI is InChI=1S/C33H54O4/c1-21-23(37-22(2)34)10-11-24-30(21,6)13-12-25-31(24,7)17-19-33(27(35)36-9)26-20-28(3,4)14-15-29(26,5)16-18-32(25,33)8/h21,23-26H,10-20H2,1-9H3/t21-,23-,24+,25-,26+,29+,30+,31-,32+,33-/m0/s1. The van der Waals surface area contributed by atoms with Crippen molar-refractivity contribution in [2.75, 3.05) is 7.11 Å². The van der Waals surface area contributed by atoms with Gasteiger partial charge in [-0.15, -0.1) is 0 Å². The molecule has 0 unspecified atom stereocenters. The van der Waals surface area contributed by atoms with Gasteiger partial charge in [0.1, 0.15) is 6.10 Å². The second-order valence-electron chi connectivity index (χ2n) is 16.1. The molecule has 0 aromatic rings. The van der Waals surface area contributed by atoms with E-state index in [0.717, 1.165) is 44.9 Å². The van der Waals surface area contributed by atoms with Crippen LogP contribution in [0.4, 0.5) is 0 Å². The van der Waals surface area contributed by atoms with Gasteiger partial charge in [-0.2, -0.15) is 0 Å². The summed E-state index contributed by atoms with van der Waals surface area (Å²) in [5.41, 5.74) is 0.456. The number of fused-ring (bicyclic) bond motifs is 7. The van der Waals surface area contributed by atoms with Gasteiger partial charge in [0.05, 0.1) is 12.5 Å². The van der Waals surface area contributed by atoms with Crippen molar-refractivity contribution in [1.29, 1.82) is 0 Å². The van der Waals surface area contributed by atoms with Crippen LogP contribution in [0.1, 0.15) is 126 Å². The van der Waals surface area contributed by atoms with Crippen molar-refractivity contribution in [3.63, 3.8) is 0 Å². The molecule has 5 saturated carbocycles. The van der Waals surface area contributed by atoms with E-state index < -0.39 is 0 Å². The summed E-state index contributed by atoms with van der Waals surface area (Å²) in [5, 5.41) is 0. The van der Waals surface area contributed by atoms with E-state index in [9.17, 15) is 9.59 Å². The number of rotatable bonds is 2. The van der Waals surface area contributed by atoms with Gasteiger partial charge in [-0.25, -0.2) is 0 Å². The maximum Gasteiger partial charge on any atom is 0.312 e. The first-order chi connectivity index (χ1) is 17.1. The van der Waals surface area contributed by atoms with Crippen LogP contribution in [0.25, 0.3) is 0 Å². The number of carbonyl (C=O) groups excluding carboxylic acids is 2. The van der Waals surface area contributed by atoms with Crippen molar-refractivity contribution in [2.45, 2.75) is 132 Å². The summed E-state index contributed by atoms with van der Waals surface area (Å²) in [6.07, 6.45) is 12.6. The monoisotopic (exact) mass is 514 g/mol. The average Bonchev–Trinajstić information content (AvgIpc) is 2.81. The quantitative estimate of drug-likeness (QED) is 0.351. The number of hydrogen-bond acceptors (Lipinski definition) is 4. The first-order valence-corrected chi connectivity index (χ1v) is 15.4. The number of carbonyl (C=O) groups is 2.